The quantitative estimate of drug-likeness (QED) is 0.103. The lowest BCUT2D eigenvalue weighted by Gasteiger charge is -2.17. The Hall–Kier alpha value is -4.35. The molecular formula is C37H24IN2+. The molecule has 40 heavy (non-hydrogen) atoms. The molecule has 9 rings (SSSR count). The van der Waals surface area contributed by atoms with E-state index in [1.807, 2.05) is 0 Å². The van der Waals surface area contributed by atoms with Crippen molar-refractivity contribution >= 4 is 65.8 Å². The molecule has 0 radical (unpaired) electrons. The predicted octanol–water partition coefficient (Wildman–Crippen LogP) is 5.22. The van der Waals surface area contributed by atoms with Crippen molar-refractivity contribution in [1.29, 1.82) is 0 Å². The fraction of sp³-hybridized carbons (Fsp3) is 0.0270. The van der Waals surface area contributed by atoms with Gasteiger partial charge in [-0.25, -0.2) is 4.98 Å². The van der Waals surface area contributed by atoms with Crippen LogP contribution in [0.15, 0.2) is 122 Å². The topological polar surface area (TPSA) is 18.0 Å². The minimum Gasteiger partial charge on any atom is -1.00 e. The van der Waals surface area contributed by atoms with Crippen LogP contribution in [0.25, 0.3) is 77.0 Å². The highest BCUT2D eigenvalue weighted by atomic mass is 127. The molecule has 0 unspecified atom stereocenters. The third-order valence-corrected chi connectivity index (χ3v) is 8.61. The SMILES string of the molecule is C(=C1\Cc2ccccc2-c2cccc[n+]21)/c1cccc2c3cccc4c5ccccc5c5cc[nH+]c(c12)c5c43.[I-]. The number of aromatic nitrogens is 2. The summed E-state index contributed by atoms with van der Waals surface area (Å²) in [5.41, 5.74) is 7.66. The van der Waals surface area contributed by atoms with E-state index in [2.05, 4.69) is 137 Å². The third-order valence-electron chi connectivity index (χ3n) is 8.61. The molecule has 1 aliphatic heterocycles. The van der Waals surface area contributed by atoms with E-state index in [-0.39, 0.29) is 24.0 Å². The molecule has 0 aliphatic carbocycles. The summed E-state index contributed by atoms with van der Waals surface area (Å²) in [7, 11) is 0. The number of aromatic amines is 1. The van der Waals surface area contributed by atoms with Gasteiger partial charge in [-0.1, -0.05) is 78.9 Å². The summed E-state index contributed by atoms with van der Waals surface area (Å²) < 4.78 is 2.36. The first-order valence-electron chi connectivity index (χ1n) is 13.6. The highest BCUT2D eigenvalue weighted by Crippen LogP contribution is 2.44. The van der Waals surface area contributed by atoms with Gasteiger partial charge in [-0.05, 0) is 50.2 Å². The van der Waals surface area contributed by atoms with Crippen molar-refractivity contribution in [2.45, 2.75) is 6.42 Å². The molecule has 1 N–H and O–H groups in total. The van der Waals surface area contributed by atoms with Gasteiger partial charge in [-0.2, -0.15) is 4.57 Å². The average Bonchev–Trinajstić information content (AvgIpc) is 3.01. The highest BCUT2D eigenvalue weighted by molar-refractivity contribution is 6.39. The lowest BCUT2D eigenvalue weighted by atomic mass is 9.86. The van der Waals surface area contributed by atoms with Crippen LogP contribution in [0, 0.1) is 0 Å². The summed E-state index contributed by atoms with van der Waals surface area (Å²) in [4.78, 5) is 3.70. The molecule has 0 atom stereocenters. The fourth-order valence-electron chi connectivity index (χ4n) is 7.01. The van der Waals surface area contributed by atoms with E-state index < -0.39 is 0 Å². The van der Waals surface area contributed by atoms with Crippen molar-refractivity contribution in [2.75, 3.05) is 0 Å². The number of benzene rings is 6. The van der Waals surface area contributed by atoms with E-state index in [4.69, 9.17) is 0 Å². The fourth-order valence-corrected chi connectivity index (χ4v) is 7.01. The van der Waals surface area contributed by atoms with Crippen LogP contribution < -0.4 is 33.5 Å². The van der Waals surface area contributed by atoms with Crippen LogP contribution in [0.3, 0.4) is 0 Å². The number of hydrogen-bond donors (Lipinski definition) is 0. The summed E-state index contributed by atoms with van der Waals surface area (Å²) in [6.45, 7) is 0. The summed E-state index contributed by atoms with van der Waals surface area (Å²) in [6.07, 6.45) is 7.60. The summed E-state index contributed by atoms with van der Waals surface area (Å²) in [6, 6.07) is 39.9. The smallest absolute Gasteiger partial charge is 0.220 e. The Morgan fingerprint density at radius 2 is 1.23 bits per heavy atom. The number of allylic oxidation sites excluding steroid dienone is 1. The highest BCUT2D eigenvalue weighted by Gasteiger charge is 2.28. The number of pyridine rings is 2. The number of H-pyrrole nitrogens is 1. The molecule has 0 spiro atoms. The summed E-state index contributed by atoms with van der Waals surface area (Å²) >= 11 is 0. The van der Waals surface area contributed by atoms with Gasteiger partial charge in [-0.3, -0.25) is 0 Å². The second-order valence-electron chi connectivity index (χ2n) is 10.6. The van der Waals surface area contributed by atoms with Gasteiger partial charge in [0.1, 0.15) is 0 Å². The number of nitrogens with one attached hydrogen (secondary N) is 1. The van der Waals surface area contributed by atoms with Crippen molar-refractivity contribution < 1.29 is 33.5 Å². The Kier molecular flexibility index (Phi) is 5.20. The zero-order chi connectivity index (χ0) is 25.5. The minimum absolute atomic E-state index is 0. The van der Waals surface area contributed by atoms with E-state index in [9.17, 15) is 0 Å². The van der Waals surface area contributed by atoms with Gasteiger partial charge in [0, 0.05) is 35.0 Å². The second-order valence-corrected chi connectivity index (χ2v) is 10.6. The number of rotatable bonds is 1. The van der Waals surface area contributed by atoms with Crippen LogP contribution in [0.1, 0.15) is 11.1 Å². The minimum atomic E-state index is 0. The Bertz CT molecular complexity index is 2320. The number of nitrogens with zero attached hydrogens (tertiary/aromatic N) is 1. The summed E-state index contributed by atoms with van der Waals surface area (Å²) in [5.74, 6) is 0. The molecule has 8 aromatic rings. The van der Waals surface area contributed by atoms with Crippen molar-refractivity contribution in [3.05, 3.63) is 133 Å². The van der Waals surface area contributed by atoms with Crippen molar-refractivity contribution in [3.8, 4) is 11.3 Å². The standard InChI is InChI=1S/C37H23N2.HI/c1-2-11-26-23(9-1)21-25(39-20-6-5-17-33(26)39)22-24-10-7-14-30-31-16-8-15-29-27-12-3-4-13-28(27)32-18-19-38-37(34(24)30)36(32)35(29)31;/h1-20,22H,21H2;1H/q+1;/b25-22-;. The average molecular weight is 624 g/mol. The molecule has 2 aromatic heterocycles. The molecule has 0 saturated heterocycles. The molecule has 3 heterocycles. The number of hydrogen-bond acceptors (Lipinski definition) is 0. The van der Waals surface area contributed by atoms with Gasteiger partial charge in [-0.15, -0.1) is 0 Å². The van der Waals surface area contributed by atoms with E-state index in [1.54, 1.807) is 0 Å². The maximum absolute atomic E-state index is 3.70. The summed E-state index contributed by atoms with van der Waals surface area (Å²) in [5, 5.41) is 11.8. The van der Waals surface area contributed by atoms with Gasteiger partial charge < -0.3 is 24.0 Å². The predicted molar refractivity (Wildman–Crippen MR) is 162 cm³/mol. The molecule has 0 saturated carbocycles. The molecule has 0 bridgehead atoms. The van der Waals surface area contributed by atoms with Gasteiger partial charge in [0.2, 0.25) is 11.2 Å². The molecule has 6 aromatic carbocycles. The maximum Gasteiger partial charge on any atom is 0.220 e. The lowest BCUT2D eigenvalue weighted by Crippen LogP contribution is -3.00. The van der Waals surface area contributed by atoms with Crippen LogP contribution in [0.4, 0.5) is 0 Å². The molecular weight excluding hydrogens is 599 g/mol. The van der Waals surface area contributed by atoms with Crippen LogP contribution >= 0.6 is 0 Å². The van der Waals surface area contributed by atoms with Crippen LogP contribution in [0.5, 0.6) is 0 Å². The molecule has 0 amide bonds. The van der Waals surface area contributed by atoms with Crippen LogP contribution in [0.2, 0.25) is 0 Å². The van der Waals surface area contributed by atoms with Crippen LogP contribution in [-0.4, -0.2) is 0 Å². The van der Waals surface area contributed by atoms with Crippen molar-refractivity contribution in [2.24, 2.45) is 0 Å². The zero-order valence-corrected chi connectivity index (χ0v) is 23.8. The first-order chi connectivity index (χ1) is 19.4. The second kappa shape index (κ2) is 8.83. The molecule has 1 aliphatic rings. The third kappa shape index (κ3) is 3.15. The largest absolute Gasteiger partial charge is 1.00 e. The zero-order valence-electron chi connectivity index (χ0n) is 21.7. The number of halogens is 1. The Balaban J connectivity index is 0.00000245. The Morgan fingerprint density at radius 3 is 2.08 bits per heavy atom. The van der Waals surface area contributed by atoms with E-state index in [0.29, 0.717) is 0 Å². The monoisotopic (exact) mass is 623 g/mol. The normalized spacial score (nSPS) is 13.8. The molecule has 3 heteroatoms. The van der Waals surface area contributed by atoms with Gasteiger partial charge in [0.15, 0.2) is 18.1 Å². The maximum atomic E-state index is 3.70. The van der Waals surface area contributed by atoms with Gasteiger partial charge in [0.25, 0.3) is 0 Å². The molecule has 188 valence electrons. The van der Waals surface area contributed by atoms with Crippen LogP contribution in [-0.2, 0) is 6.42 Å². The first-order valence-corrected chi connectivity index (χ1v) is 13.6. The molecule has 2 nitrogen and oxygen atoms in total. The van der Waals surface area contributed by atoms with Gasteiger partial charge >= 0.3 is 0 Å². The Labute approximate surface area is 248 Å². The van der Waals surface area contributed by atoms with Gasteiger partial charge in [0.05, 0.1) is 22.8 Å². The lowest BCUT2D eigenvalue weighted by molar-refractivity contribution is -0.571. The van der Waals surface area contributed by atoms with Crippen molar-refractivity contribution in [3.63, 3.8) is 0 Å². The Morgan fingerprint density at radius 1 is 0.575 bits per heavy atom. The molecule has 0 fully saturated rings. The van der Waals surface area contributed by atoms with Crippen molar-refractivity contribution in [1.82, 2.24) is 0 Å². The first kappa shape index (κ1) is 23.5. The number of fused-ring (bicyclic) bond motifs is 9. The van der Waals surface area contributed by atoms with E-state index in [1.165, 1.54) is 82.1 Å². The van der Waals surface area contributed by atoms with E-state index in [0.717, 1.165) is 6.42 Å². The van der Waals surface area contributed by atoms with E-state index >= 15 is 0 Å².